The number of aliphatic imine (C=N–C) groups is 1. The Kier molecular flexibility index (Phi) is 6.80. The molecule has 162 valence electrons. The SMILES string of the molecule is CN=C(NCc1cc(N(C)C)nc2ccccc12)NCC1(C(=O)N(C)C)CCCC1. The first-order valence-corrected chi connectivity index (χ1v) is 10.6. The number of pyridine rings is 1. The van der Waals surface area contributed by atoms with Crippen LogP contribution in [0.2, 0.25) is 0 Å². The van der Waals surface area contributed by atoms with E-state index < -0.39 is 0 Å². The van der Waals surface area contributed by atoms with E-state index in [0.29, 0.717) is 19.0 Å². The van der Waals surface area contributed by atoms with Crippen LogP contribution in [0.3, 0.4) is 0 Å². The first-order valence-electron chi connectivity index (χ1n) is 10.6. The molecule has 2 N–H and O–H groups in total. The van der Waals surface area contributed by atoms with Gasteiger partial charge in [0, 0.05) is 53.7 Å². The molecule has 0 atom stereocenters. The number of hydrogen-bond donors (Lipinski definition) is 2. The van der Waals surface area contributed by atoms with Crippen LogP contribution in [0.15, 0.2) is 35.3 Å². The molecule has 1 aromatic heterocycles. The second-order valence-electron chi connectivity index (χ2n) is 8.52. The fourth-order valence-electron chi connectivity index (χ4n) is 4.25. The van der Waals surface area contributed by atoms with Crippen molar-refractivity contribution in [2.75, 3.05) is 46.7 Å². The lowest BCUT2D eigenvalue weighted by Crippen LogP contribution is -2.49. The summed E-state index contributed by atoms with van der Waals surface area (Å²) in [5.74, 6) is 1.84. The topological polar surface area (TPSA) is 72.9 Å². The number of nitrogens with one attached hydrogen (secondary N) is 2. The van der Waals surface area contributed by atoms with Crippen molar-refractivity contribution in [1.29, 1.82) is 0 Å². The average Bonchev–Trinajstić information content (AvgIpc) is 3.22. The van der Waals surface area contributed by atoms with Crippen LogP contribution in [0.5, 0.6) is 0 Å². The van der Waals surface area contributed by atoms with Crippen LogP contribution in [0.1, 0.15) is 31.2 Å². The standard InChI is InChI=1S/C23H34N6O/c1-24-22(26-16-23(12-8-9-13-23)21(30)29(4)5)25-15-17-14-20(28(2)3)27-19-11-7-6-10-18(17)19/h6-7,10-11,14H,8-9,12-13,15-16H2,1-5H3,(H2,24,25,26). The Labute approximate surface area is 179 Å². The summed E-state index contributed by atoms with van der Waals surface area (Å²) in [6.45, 7) is 1.22. The Morgan fingerprint density at radius 3 is 2.47 bits per heavy atom. The van der Waals surface area contributed by atoms with E-state index in [2.05, 4.69) is 27.8 Å². The second kappa shape index (κ2) is 9.32. The van der Waals surface area contributed by atoms with Crippen molar-refractivity contribution in [2.24, 2.45) is 10.4 Å². The first kappa shape index (κ1) is 21.9. The van der Waals surface area contributed by atoms with Crippen molar-refractivity contribution < 1.29 is 4.79 Å². The molecule has 1 aromatic carbocycles. The van der Waals surface area contributed by atoms with E-state index in [4.69, 9.17) is 4.98 Å². The van der Waals surface area contributed by atoms with Crippen LogP contribution in [0.4, 0.5) is 5.82 Å². The van der Waals surface area contributed by atoms with Crippen LogP contribution in [-0.2, 0) is 11.3 Å². The minimum atomic E-state index is -0.331. The number of carbonyl (C=O) groups excluding carboxylic acids is 1. The fraction of sp³-hybridized carbons (Fsp3) is 0.522. The molecule has 7 nitrogen and oxygen atoms in total. The number of rotatable bonds is 6. The van der Waals surface area contributed by atoms with Gasteiger partial charge in [-0.15, -0.1) is 0 Å². The summed E-state index contributed by atoms with van der Waals surface area (Å²) in [5, 5.41) is 7.96. The molecule has 0 radical (unpaired) electrons. The summed E-state index contributed by atoms with van der Waals surface area (Å²) in [7, 11) is 9.44. The minimum absolute atomic E-state index is 0.207. The molecule has 0 unspecified atom stereocenters. The fourth-order valence-corrected chi connectivity index (χ4v) is 4.25. The van der Waals surface area contributed by atoms with E-state index in [-0.39, 0.29) is 11.3 Å². The molecule has 30 heavy (non-hydrogen) atoms. The zero-order valence-electron chi connectivity index (χ0n) is 18.8. The Morgan fingerprint density at radius 2 is 1.83 bits per heavy atom. The molecular weight excluding hydrogens is 376 g/mol. The maximum Gasteiger partial charge on any atom is 0.230 e. The molecule has 3 rings (SSSR count). The number of benzene rings is 1. The first-order chi connectivity index (χ1) is 14.4. The number of aromatic nitrogens is 1. The summed E-state index contributed by atoms with van der Waals surface area (Å²) in [6, 6.07) is 10.3. The predicted molar refractivity (Wildman–Crippen MR) is 124 cm³/mol. The molecule has 1 amide bonds. The zero-order valence-corrected chi connectivity index (χ0v) is 18.8. The van der Waals surface area contributed by atoms with E-state index in [0.717, 1.165) is 48.0 Å². The molecule has 1 aliphatic carbocycles. The van der Waals surface area contributed by atoms with Gasteiger partial charge in [0.15, 0.2) is 5.96 Å². The van der Waals surface area contributed by atoms with Gasteiger partial charge in [-0.1, -0.05) is 31.0 Å². The predicted octanol–water partition coefficient (Wildman–Crippen LogP) is 2.61. The van der Waals surface area contributed by atoms with E-state index in [1.807, 2.05) is 51.3 Å². The normalized spacial score (nSPS) is 15.8. The quantitative estimate of drug-likeness (QED) is 0.566. The van der Waals surface area contributed by atoms with Gasteiger partial charge in [0.05, 0.1) is 10.9 Å². The third kappa shape index (κ3) is 4.66. The van der Waals surface area contributed by atoms with Gasteiger partial charge in [-0.3, -0.25) is 9.79 Å². The molecule has 1 heterocycles. The van der Waals surface area contributed by atoms with Gasteiger partial charge in [-0.05, 0) is 30.5 Å². The third-order valence-electron chi connectivity index (χ3n) is 5.93. The highest BCUT2D eigenvalue weighted by Crippen LogP contribution is 2.38. The summed E-state index contributed by atoms with van der Waals surface area (Å²) >= 11 is 0. The van der Waals surface area contributed by atoms with Crippen LogP contribution in [0.25, 0.3) is 10.9 Å². The van der Waals surface area contributed by atoms with Crippen molar-refractivity contribution in [3.63, 3.8) is 0 Å². The van der Waals surface area contributed by atoms with Gasteiger partial charge in [0.2, 0.25) is 5.91 Å². The highest BCUT2D eigenvalue weighted by Gasteiger charge is 2.42. The molecule has 0 bridgehead atoms. The van der Waals surface area contributed by atoms with E-state index in [9.17, 15) is 4.79 Å². The largest absolute Gasteiger partial charge is 0.363 e. The van der Waals surface area contributed by atoms with E-state index >= 15 is 0 Å². The molecule has 0 saturated heterocycles. The van der Waals surface area contributed by atoms with Gasteiger partial charge in [0.25, 0.3) is 0 Å². The monoisotopic (exact) mass is 410 g/mol. The number of amides is 1. The number of fused-ring (bicyclic) bond motifs is 1. The summed E-state index contributed by atoms with van der Waals surface area (Å²) < 4.78 is 0. The molecule has 0 spiro atoms. The number of hydrogen-bond acceptors (Lipinski definition) is 4. The van der Waals surface area contributed by atoms with Gasteiger partial charge in [-0.25, -0.2) is 4.98 Å². The maximum atomic E-state index is 12.8. The molecule has 7 heteroatoms. The molecule has 1 aliphatic rings. The zero-order chi connectivity index (χ0) is 21.7. The van der Waals surface area contributed by atoms with Crippen molar-refractivity contribution in [2.45, 2.75) is 32.2 Å². The van der Waals surface area contributed by atoms with E-state index in [1.165, 1.54) is 0 Å². The van der Waals surface area contributed by atoms with Gasteiger partial charge >= 0.3 is 0 Å². The van der Waals surface area contributed by atoms with Crippen molar-refractivity contribution in [1.82, 2.24) is 20.5 Å². The van der Waals surface area contributed by atoms with Crippen molar-refractivity contribution in [3.8, 4) is 0 Å². The van der Waals surface area contributed by atoms with Crippen LogP contribution in [-0.4, -0.2) is 63.5 Å². The molecule has 1 fully saturated rings. The summed E-state index contributed by atoms with van der Waals surface area (Å²) in [5.41, 5.74) is 1.81. The number of para-hydroxylation sites is 1. The van der Waals surface area contributed by atoms with Gasteiger partial charge < -0.3 is 20.4 Å². The smallest absolute Gasteiger partial charge is 0.230 e. The van der Waals surface area contributed by atoms with Crippen LogP contribution >= 0.6 is 0 Å². The molecule has 0 aliphatic heterocycles. The van der Waals surface area contributed by atoms with Crippen molar-refractivity contribution in [3.05, 3.63) is 35.9 Å². The Bertz CT molecular complexity index is 915. The van der Waals surface area contributed by atoms with Crippen LogP contribution < -0.4 is 15.5 Å². The molecule has 2 aromatic rings. The number of anilines is 1. The summed E-state index contributed by atoms with van der Waals surface area (Å²) in [4.78, 5) is 25.6. The number of carbonyl (C=O) groups is 1. The lowest BCUT2D eigenvalue weighted by Gasteiger charge is -2.31. The lowest BCUT2D eigenvalue weighted by atomic mass is 9.84. The highest BCUT2D eigenvalue weighted by molar-refractivity contribution is 5.86. The van der Waals surface area contributed by atoms with E-state index in [1.54, 1.807) is 11.9 Å². The average molecular weight is 411 g/mol. The Morgan fingerprint density at radius 1 is 1.13 bits per heavy atom. The second-order valence-corrected chi connectivity index (χ2v) is 8.52. The van der Waals surface area contributed by atoms with Crippen LogP contribution in [0, 0.1) is 5.41 Å². The number of nitrogens with zero attached hydrogens (tertiary/aromatic N) is 4. The number of guanidine groups is 1. The maximum absolute atomic E-state index is 12.8. The summed E-state index contributed by atoms with van der Waals surface area (Å²) in [6.07, 6.45) is 4.05. The third-order valence-corrected chi connectivity index (χ3v) is 5.93. The Hall–Kier alpha value is -2.83. The van der Waals surface area contributed by atoms with Gasteiger partial charge in [-0.2, -0.15) is 0 Å². The lowest BCUT2D eigenvalue weighted by molar-refractivity contribution is -0.138. The van der Waals surface area contributed by atoms with Gasteiger partial charge in [0.1, 0.15) is 5.82 Å². The van der Waals surface area contributed by atoms with Crippen molar-refractivity contribution >= 4 is 28.6 Å². The highest BCUT2D eigenvalue weighted by atomic mass is 16.2. The molecular formula is C23H34N6O. The minimum Gasteiger partial charge on any atom is -0.363 e. The Balaban J connectivity index is 1.72. The molecule has 1 saturated carbocycles.